The second-order valence-electron chi connectivity index (χ2n) is 7.36. The van der Waals surface area contributed by atoms with E-state index in [9.17, 15) is 0 Å². The minimum absolute atomic E-state index is 0.0373. The molecule has 21 heavy (non-hydrogen) atoms. The van der Waals surface area contributed by atoms with Gasteiger partial charge >= 0.3 is 0 Å². The predicted molar refractivity (Wildman–Crippen MR) is 87.4 cm³/mol. The molecule has 0 saturated carbocycles. The highest BCUT2D eigenvalue weighted by Crippen LogP contribution is 2.44. The Kier molecular flexibility index (Phi) is 5.05. The molecule has 2 heterocycles. The first-order chi connectivity index (χ1) is 9.84. The number of nitrogens with zero attached hydrogens (tertiary/aromatic N) is 1. The van der Waals surface area contributed by atoms with E-state index >= 15 is 0 Å². The summed E-state index contributed by atoms with van der Waals surface area (Å²) >= 11 is 0. The summed E-state index contributed by atoms with van der Waals surface area (Å²) in [6.45, 7) is 12.1. The smallest absolute Gasteiger partial charge is 0.0677 e. The molecule has 0 amide bonds. The zero-order chi connectivity index (χ0) is 15.5. The molecule has 2 atom stereocenters. The van der Waals surface area contributed by atoms with Gasteiger partial charge in [-0.05, 0) is 59.2 Å². The molecule has 1 aromatic heterocycles. The third-order valence-electron chi connectivity index (χ3n) is 4.44. The van der Waals surface area contributed by atoms with Crippen molar-refractivity contribution in [3.05, 3.63) is 30.1 Å². The third-order valence-corrected chi connectivity index (χ3v) is 4.44. The van der Waals surface area contributed by atoms with E-state index in [2.05, 4.69) is 57.1 Å². The lowest BCUT2D eigenvalue weighted by Crippen LogP contribution is -2.46. The second kappa shape index (κ2) is 6.45. The molecule has 1 aliphatic heterocycles. The Hall–Kier alpha value is -0.930. The summed E-state index contributed by atoms with van der Waals surface area (Å²) in [5.74, 6) is 0.501. The Balaban J connectivity index is 2.15. The van der Waals surface area contributed by atoms with Gasteiger partial charge in [-0.25, -0.2) is 0 Å². The molecular weight excluding hydrogens is 260 g/mol. The summed E-state index contributed by atoms with van der Waals surface area (Å²) in [6.07, 6.45) is 5.09. The maximum atomic E-state index is 6.29. The van der Waals surface area contributed by atoms with Crippen molar-refractivity contribution in [2.24, 2.45) is 5.92 Å². The lowest BCUT2D eigenvalue weighted by Gasteiger charge is -2.33. The van der Waals surface area contributed by atoms with Gasteiger partial charge in [0.25, 0.3) is 0 Å². The number of hydrogen-bond acceptors (Lipinski definition) is 3. The van der Waals surface area contributed by atoms with Crippen molar-refractivity contribution < 1.29 is 4.74 Å². The van der Waals surface area contributed by atoms with Crippen LogP contribution in [-0.2, 0) is 11.2 Å². The van der Waals surface area contributed by atoms with Gasteiger partial charge in [-0.3, -0.25) is 4.98 Å². The van der Waals surface area contributed by atoms with Crippen molar-refractivity contribution in [3.8, 4) is 0 Å². The van der Waals surface area contributed by atoms with Gasteiger partial charge in [-0.1, -0.05) is 13.0 Å². The molecule has 0 aliphatic carbocycles. The van der Waals surface area contributed by atoms with Crippen molar-refractivity contribution in [1.29, 1.82) is 0 Å². The van der Waals surface area contributed by atoms with Crippen molar-refractivity contribution >= 4 is 0 Å². The Morgan fingerprint density at radius 1 is 1.33 bits per heavy atom. The summed E-state index contributed by atoms with van der Waals surface area (Å²) in [4.78, 5) is 4.50. The zero-order valence-electron chi connectivity index (χ0n) is 14.1. The molecule has 3 heteroatoms. The van der Waals surface area contributed by atoms with Gasteiger partial charge in [-0.2, -0.15) is 0 Å². The van der Waals surface area contributed by atoms with Crippen LogP contribution < -0.4 is 5.32 Å². The highest BCUT2D eigenvalue weighted by Gasteiger charge is 2.48. The van der Waals surface area contributed by atoms with Crippen LogP contribution in [0.1, 0.15) is 53.2 Å². The first-order valence-corrected chi connectivity index (χ1v) is 8.17. The van der Waals surface area contributed by atoms with Crippen LogP contribution in [0.4, 0.5) is 0 Å². The van der Waals surface area contributed by atoms with Gasteiger partial charge in [0.15, 0.2) is 0 Å². The Morgan fingerprint density at radius 3 is 2.62 bits per heavy atom. The lowest BCUT2D eigenvalue weighted by molar-refractivity contribution is -0.0776. The number of pyridine rings is 1. The van der Waals surface area contributed by atoms with E-state index in [0.29, 0.717) is 12.0 Å². The first-order valence-electron chi connectivity index (χ1n) is 8.17. The van der Waals surface area contributed by atoms with E-state index in [-0.39, 0.29) is 11.2 Å². The summed E-state index contributed by atoms with van der Waals surface area (Å²) in [6, 6.07) is 6.58. The van der Waals surface area contributed by atoms with Crippen molar-refractivity contribution in [2.45, 2.75) is 71.1 Å². The number of aromatic nitrogens is 1. The maximum absolute atomic E-state index is 6.29. The summed E-state index contributed by atoms with van der Waals surface area (Å²) in [5.41, 5.74) is 1.03. The van der Waals surface area contributed by atoms with Crippen molar-refractivity contribution in [3.63, 3.8) is 0 Å². The first kappa shape index (κ1) is 16.4. The number of hydrogen-bond donors (Lipinski definition) is 1. The molecule has 3 nitrogen and oxygen atoms in total. The number of rotatable bonds is 6. The van der Waals surface area contributed by atoms with Crippen LogP contribution in [0.5, 0.6) is 0 Å². The standard InChI is InChI=1S/C18H30N2O/c1-6-10-20-16(12-14-9-7-8-11-19-14)15-13-17(2,3)21-18(15,4)5/h7-9,11,15-16,20H,6,10,12-13H2,1-5H3. The van der Waals surface area contributed by atoms with E-state index in [1.807, 2.05) is 12.3 Å². The Labute approximate surface area is 129 Å². The van der Waals surface area contributed by atoms with Crippen LogP contribution in [0, 0.1) is 5.92 Å². The third kappa shape index (κ3) is 4.27. The van der Waals surface area contributed by atoms with Crippen LogP contribution in [0.25, 0.3) is 0 Å². The van der Waals surface area contributed by atoms with Crippen molar-refractivity contribution in [2.75, 3.05) is 6.54 Å². The van der Waals surface area contributed by atoms with E-state index in [4.69, 9.17) is 4.74 Å². The van der Waals surface area contributed by atoms with E-state index in [1.54, 1.807) is 0 Å². The van der Waals surface area contributed by atoms with Crippen LogP contribution in [-0.4, -0.2) is 28.8 Å². The highest BCUT2D eigenvalue weighted by molar-refractivity contribution is 5.08. The van der Waals surface area contributed by atoms with Gasteiger partial charge in [-0.15, -0.1) is 0 Å². The van der Waals surface area contributed by atoms with Crippen molar-refractivity contribution in [1.82, 2.24) is 10.3 Å². The molecule has 2 unspecified atom stereocenters. The fraction of sp³-hybridized carbons (Fsp3) is 0.722. The van der Waals surface area contributed by atoms with E-state index in [1.165, 1.54) is 0 Å². The second-order valence-corrected chi connectivity index (χ2v) is 7.36. The molecule has 0 bridgehead atoms. The molecule has 1 aliphatic rings. The summed E-state index contributed by atoms with van der Waals surface area (Å²) in [7, 11) is 0. The normalized spacial score (nSPS) is 24.9. The fourth-order valence-electron chi connectivity index (χ4n) is 3.66. The van der Waals surface area contributed by atoms with Crippen LogP contribution in [0.15, 0.2) is 24.4 Å². The topological polar surface area (TPSA) is 34.2 Å². The molecule has 1 aromatic rings. The summed E-state index contributed by atoms with van der Waals surface area (Å²) < 4.78 is 6.29. The summed E-state index contributed by atoms with van der Waals surface area (Å²) in [5, 5.41) is 3.73. The van der Waals surface area contributed by atoms with Gasteiger partial charge in [0.2, 0.25) is 0 Å². The predicted octanol–water partition coefficient (Wildman–Crippen LogP) is 3.59. The largest absolute Gasteiger partial charge is 0.369 e. The quantitative estimate of drug-likeness (QED) is 0.869. The molecule has 1 fully saturated rings. The molecule has 0 radical (unpaired) electrons. The number of ether oxygens (including phenoxy) is 1. The van der Waals surface area contributed by atoms with Crippen LogP contribution >= 0.6 is 0 Å². The molecule has 1 N–H and O–H groups in total. The Bertz CT molecular complexity index is 442. The molecule has 118 valence electrons. The minimum Gasteiger partial charge on any atom is -0.369 e. The van der Waals surface area contributed by atoms with Gasteiger partial charge in [0.1, 0.15) is 0 Å². The van der Waals surface area contributed by atoms with Gasteiger partial charge in [0.05, 0.1) is 11.2 Å². The minimum atomic E-state index is -0.0936. The van der Waals surface area contributed by atoms with Crippen LogP contribution in [0.3, 0.4) is 0 Å². The average Bonchev–Trinajstić information content (AvgIpc) is 2.63. The van der Waals surface area contributed by atoms with E-state index < -0.39 is 0 Å². The fourth-order valence-corrected chi connectivity index (χ4v) is 3.66. The monoisotopic (exact) mass is 290 g/mol. The molecule has 0 aromatic carbocycles. The zero-order valence-corrected chi connectivity index (χ0v) is 14.1. The Morgan fingerprint density at radius 2 is 2.10 bits per heavy atom. The molecule has 0 spiro atoms. The van der Waals surface area contributed by atoms with Crippen LogP contribution in [0.2, 0.25) is 0 Å². The average molecular weight is 290 g/mol. The lowest BCUT2D eigenvalue weighted by atomic mass is 9.80. The maximum Gasteiger partial charge on any atom is 0.0677 e. The number of nitrogens with one attached hydrogen (secondary N) is 1. The molecule has 1 saturated heterocycles. The molecular formula is C18H30N2O. The van der Waals surface area contributed by atoms with E-state index in [0.717, 1.165) is 31.5 Å². The highest BCUT2D eigenvalue weighted by atomic mass is 16.5. The van der Waals surface area contributed by atoms with Gasteiger partial charge in [0, 0.05) is 30.3 Å². The molecule has 2 rings (SSSR count). The SMILES string of the molecule is CCCNC(Cc1ccccn1)C1CC(C)(C)OC1(C)C. The van der Waals surface area contributed by atoms with Gasteiger partial charge < -0.3 is 10.1 Å².